The van der Waals surface area contributed by atoms with Gasteiger partial charge in [0.05, 0.1) is 6.07 Å². The maximum absolute atomic E-state index is 11.9. The van der Waals surface area contributed by atoms with Crippen molar-refractivity contribution >= 4 is 5.91 Å². The number of amides is 1. The molecule has 18 heavy (non-hydrogen) atoms. The van der Waals surface area contributed by atoms with Crippen LogP contribution in [0, 0.1) is 28.1 Å². The Balaban J connectivity index is 1.86. The van der Waals surface area contributed by atoms with Crippen molar-refractivity contribution in [1.82, 2.24) is 10.2 Å². The highest BCUT2D eigenvalue weighted by atomic mass is 16.2. The van der Waals surface area contributed by atoms with E-state index in [0.29, 0.717) is 12.5 Å². The molecule has 1 heterocycles. The van der Waals surface area contributed by atoms with Gasteiger partial charge in [0.15, 0.2) is 0 Å². The van der Waals surface area contributed by atoms with Gasteiger partial charge in [0, 0.05) is 13.1 Å². The van der Waals surface area contributed by atoms with Crippen LogP contribution in [-0.4, -0.2) is 37.5 Å². The van der Waals surface area contributed by atoms with Crippen LogP contribution >= 0.6 is 0 Å². The van der Waals surface area contributed by atoms with Crippen LogP contribution in [0.5, 0.6) is 0 Å². The predicted molar refractivity (Wildman–Crippen MR) is 69.7 cm³/mol. The predicted octanol–water partition coefficient (Wildman–Crippen LogP) is 1.38. The Labute approximate surface area is 109 Å². The summed E-state index contributed by atoms with van der Waals surface area (Å²) in [7, 11) is 2.14. The Morgan fingerprint density at radius 3 is 2.67 bits per heavy atom. The average molecular weight is 249 g/mol. The van der Waals surface area contributed by atoms with Crippen LogP contribution in [0.15, 0.2) is 0 Å². The maximum Gasteiger partial charge on any atom is 0.240 e. The van der Waals surface area contributed by atoms with Crippen LogP contribution < -0.4 is 5.32 Å². The Morgan fingerprint density at radius 1 is 1.56 bits per heavy atom. The topological polar surface area (TPSA) is 56.1 Å². The van der Waals surface area contributed by atoms with E-state index in [1.54, 1.807) is 0 Å². The number of nitrogens with zero attached hydrogens (tertiary/aromatic N) is 2. The molecule has 0 radical (unpaired) electrons. The second-order valence-corrected chi connectivity index (χ2v) is 6.61. The van der Waals surface area contributed by atoms with Gasteiger partial charge in [0.1, 0.15) is 5.41 Å². The maximum atomic E-state index is 11.9. The molecule has 1 aliphatic heterocycles. The molecule has 100 valence electrons. The van der Waals surface area contributed by atoms with Crippen molar-refractivity contribution in [3.8, 4) is 6.07 Å². The molecule has 0 aromatic rings. The number of carbonyl (C=O) groups is 1. The molecule has 4 nitrogen and oxygen atoms in total. The molecule has 2 aliphatic rings. The minimum absolute atomic E-state index is 0.0653. The fraction of sp³-hybridized carbons (Fsp3) is 0.857. The summed E-state index contributed by atoms with van der Waals surface area (Å²) in [6.45, 7) is 7.34. The second-order valence-electron chi connectivity index (χ2n) is 6.61. The first-order valence-corrected chi connectivity index (χ1v) is 6.78. The van der Waals surface area contributed by atoms with E-state index in [2.05, 4.69) is 37.2 Å². The molecule has 1 atom stereocenters. The fourth-order valence-corrected chi connectivity index (χ4v) is 2.71. The van der Waals surface area contributed by atoms with E-state index in [1.807, 2.05) is 0 Å². The van der Waals surface area contributed by atoms with Crippen LogP contribution in [0.2, 0.25) is 0 Å². The SMILES string of the molecule is CN1CCC(C(C)(C)CNC(=O)C2(C#N)CC2)C1. The molecule has 2 rings (SSSR count). The minimum Gasteiger partial charge on any atom is -0.354 e. The van der Waals surface area contributed by atoms with E-state index in [9.17, 15) is 4.79 Å². The van der Waals surface area contributed by atoms with Crippen LogP contribution in [-0.2, 0) is 4.79 Å². The molecular formula is C14H23N3O. The lowest BCUT2D eigenvalue weighted by molar-refractivity contribution is -0.125. The first-order valence-electron chi connectivity index (χ1n) is 6.78. The summed E-state index contributed by atoms with van der Waals surface area (Å²) >= 11 is 0. The van der Waals surface area contributed by atoms with Gasteiger partial charge in [-0.25, -0.2) is 0 Å². The first kappa shape index (κ1) is 13.4. The summed E-state index contributed by atoms with van der Waals surface area (Å²) in [6, 6.07) is 2.14. The third kappa shape index (κ3) is 2.51. The van der Waals surface area contributed by atoms with E-state index in [-0.39, 0.29) is 11.3 Å². The molecule has 1 N–H and O–H groups in total. The van der Waals surface area contributed by atoms with Crippen molar-refractivity contribution in [3.63, 3.8) is 0 Å². The lowest BCUT2D eigenvalue weighted by Crippen LogP contribution is -2.42. The molecule has 1 saturated carbocycles. The summed E-state index contributed by atoms with van der Waals surface area (Å²) in [6.07, 6.45) is 2.65. The van der Waals surface area contributed by atoms with Crippen LogP contribution in [0.3, 0.4) is 0 Å². The van der Waals surface area contributed by atoms with Gasteiger partial charge in [0.2, 0.25) is 5.91 Å². The molecular weight excluding hydrogens is 226 g/mol. The smallest absolute Gasteiger partial charge is 0.240 e. The van der Waals surface area contributed by atoms with Crippen molar-refractivity contribution in [2.75, 3.05) is 26.7 Å². The van der Waals surface area contributed by atoms with Crippen molar-refractivity contribution in [3.05, 3.63) is 0 Å². The summed E-state index contributed by atoms with van der Waals surface area (Å²) in [5, 5.41) is 12.0. The van der Waals surface area contributed by atoms with E-state index in [0.717, 1.165) is 25.9 Å². The van der Waals surface area contributed by atoms with E-state index < -0.39 is 5.41 Å². The zero-order chi connectivity index (χ0) is 13.4. The van der Waals surface area contributed by atoms with Gasteiger partial charge >= 0.3 is 0 Å². The minimum atomic E-state index is -0.692. The normalized spacial score (nSPS) is 26.7. The van der Waals surface area contributed by atoms with E-state index >= 15 is 0 Å². The Kier molecular flexibility index (Phi) is 3.37. The molecule has 0 aromatic carbocycles. The van der Waals surface area contributed by atoms with Crippen molar-refractivity contribution in [1.29, 1.82) is 5.26 Å². The van der Waals surface area contributed by atoms with Gasteiger partial charge in [-0.05, 0) is 44.2 Å². The summed E-state index contributed by atoms with van der Waals surface area (Å²) in [5.74, 6) is 0.560. The van der Waals surface area contributed by atoms with Gasteiger partial charge in [-0.15, -0.1) is 0 Å². The number of nitrogens with one attached hydrogen (secondary N) is 1. The molecule has 0 aromatic heterocycles. The number of rotatable bonds is 4. The highest BCUT2D eigenvalue weighted by molar-refractivity contribution is 5.88. The Bertz CT molecular complexity index is 379. The quantitative estimate of drug-likeness (QED) is 0.819. The van der Waals surface area contributed by atoms with Gasteiger partial charge in [-0.3, -0.25) is 4.79 Å². The average Bonchev–Trinajstić information content (AvgIpc) is 3.02. The number of hydrogen-bond donors (Lipinski definition) is 1. The lowest BCUT2D eigenvalue weighted by Gasteiger charge is -2.32. The zero-order valence-corrected chi connectivity index (χ0v) is 11.6. The fourth-order valence-electron chi connectivity index (χ4n) is 2.71. The third-order valence-electron chi connectivity index (χ3n) is 4.60. The number of hydrogen-bond acceptors (Lipinski definition) is 3. The third-order valence-corrected chi connectivity index (χ3v) is 4.60. The summed E-state index contributed by atoms with van der Waals surface area (Å²) in [4.78, 5) is 14.3. The van der Waals surface area contributed by atoms with E-state index in [1.165, 1.54) is 6.42 Å². The highest BCUT2D eigenvalue weighted by Gasteiger charge is 2.51. The molecule has 1 aliphatic carbocycles. The summed E-state index contributed by atoms with van der Waals surface area (Å²) in [5.41, 5.74) is -0.589. The molecule has 1 amide bonds. The van der Waals surface area contributed by atoms with Crippen molar-refractivity contribution in [2.45, 2.75) is 33.1 Å². The molecule has 1 saturated heterocycles. The van der Waals surface area contributed by atoms with Gasteiger partial charge in [0.25, 0.3) is 0 Å². The molecule has 2 fully saturated rings. The van der Waals surface area contributed by atoms with E-state index in [4.69, 9.17) is 5.26 Å². The highest BCUT2D eigenvalue weighted by Crippen LogP contribution is 2.45. The molecule has 0 spiro atoms. The Morgan fingerprint density at radius 2 is 2.22 bits per heavy atom. The van der Waals surface area contributed by atoms with Crippen LogP contribution in [0.25, 0.3) is 0 Å². The largest absolute Gasteiger partial charge is 0.354 e. The van der Waals surface area contributed by atoms with Gasteiger partial charge < -0.3 is 10.2 Å². The lowest BCUT2D eigenvalue weighted by atomic mass is 9.78. The van der Waals surface area contributed by atoms with Gasteiger partial charge in [-0.1, -0.05) is 13.8 Å². The zero-order valence-electron chi connectivity index (χ0n) is 11.6. The molecule has 4 heteroatoms. The van der Waals surface area contributed by atoms with Crippen molar-refractivity contribution in [2.24, 2.45) is 16.7 Å². The van der Waals surface area contributed by atoms with Crippen molar-refractivity contribution < 1.29 is 4.79 Å². The standard InChI is InChI=1S/C14H23N3O/c1-13(2,11-4-7-17(3)8-11)10-16-12(18)14(9-15)5-6-14/h11H,4-8,10H2,1-3H3,(H,16,18). The molecule has 0 bridgehead atoms. The number of nitriles is 1. The van der Waals surface area contributed by atoms with Crippen LogP contribution in [0.1, 0.15) is 33.1 Å². The number of carbonyl (C=O) groups excluding carboxylic acids is 1. The monoisotopic (exact) mass is 249 g/mol. The van der Waals surface area contributed by atoms with Crippen LogP contribution in [0.4, 0.5) is 0 Å². The van der Waals surface area contributed by atoms with Gasteiger partial charge in [-0.2, -0.15) is 5.26 Å². The second kappa shape index (κ2) is 4.55. The first-order chi connectivity index (χ1) is 8.39. The molecule has 1 unspecified atom stereocenters. The summed E-state index contributed by atoms with van der Waals surface area (Å²) < 4.78 is 0. The number of likely N-dealkylation sites (tertiary alicyclic amines) is 1. The Hall–Kier alpha value is -1.08.